The maximum atomic E-state index is 13.0. The van der Waals surface area contributed by atoms with Crippen molar-refractivity contribution in [3.8, 4) is 0 Å². The first kappa shape index (κ1) is 29.9. The third-order valence-electron chi connectivity index (χ3n) is 5.29. The average molecular weight is 455 g/mol. The van der Waals surface area contributed by atoms with E-state index in [2.05, 4.69) is 29.8 Å². The molecule has 0 aromatic carbocycles. The zero-order valence-electron chi connectivity index (χ0n) is 21.0. The number of amides is 4. The number of carbonyl (C=O) groups excluding carboxylic acids is 4. The van der Waals surface area contributed by atoms with Gasteiger partial charge in [0.25, 0.3) is 0 Å². The van der Waals surface area contributed by atoms with Crippen molar-refractivity contribution in [2.24, 2.45) is 23.5 Å². The Morgan fingerprint density at radius 1 is 0.812 bits per heavy atom. The summed E-state index contributed by atoms with van der Waals surface area (Å²) in [6.07, 6.45) is 5.50. The van der Waals surface area contributed by atoms with Crippen LogP contribution in [0, 0.1) is 17.8 Å². The van der Waals surface area contributed by atoms with Gasteiger partial charge in [-0.25, -0.2) is 4.79 Å². The average Bonchev–Trinajstić information content (AvgIpc) is 2.66. The first-order chi connectivity index (χ1) is 14.9. The van der Waals surface area contributed by atoms with Crippen LogP contribution in [0.25, 0.3) is 0 Å². The first-order valence-corrected chi connectivity index (χ1v) is 12.1. The summed E-state index contributed by atoms with van der Waals surface area (Å²) in [6.45, 7) is 12.2. The summed E-state index contributed by atoms with van der Waals surface area (Å²) in [4.78, 5) is 48.9. The molecule has 0 aliphatic rings. The van der Waals surface area contributed by atoms with Gasteiger partial charge in [0.1, 0.15) is 0 Å². The van der Waals surface area contributed by atoms with Crippen LogP contribution in [0.5, 0.6) is 0 Å². The van der Waals surface area contributed by atoms with Crippen molar-refractivity contribution in [2.75, 3.05) is 6.54 Å². The fraction of sp³-hybridized carbons (Fsp3) is 0.833. The Bertz CT molecular complexity index is 591. The Kier molecular flexibility index (Phi) is 15.4. The molecule has 0 fully saturated rings. The number of Topliss-reactive ketones (excluding diaryl/α,β-unsaturated/α-hetero) is 1. The summed E-state index contributed by atoms with van der Waals surface area (Å²) >= 11 is 0. The number of nitrogens with one attached hydrogen (secondary N) is 3. The van der Waals surface area contributed by atoms with Crippen LogP contribution in [0.1, 0.15) is 92.9 Å². The molecule has 0 aromatic heterocycles. The quantitative estimate of drug-likeness (QED) is 0.251. The minimum Gasteiger partial charge on any atom is -0.354 e. The van der Waals surface area contributed by atoms with E-state index in [0.717, 1.165) is 25.7 Å². The second-order valence-electron chi connectivity index (χ2n) is 9.75. The molecule has 186 valence electrons. The lowest BCUT2D eigenvalue weighted by Gasteiger charge is -2.24. The van der Waals surface area contributed by atoms with Crippen LogP contribution >= 0.6 is 0 Å². The highest BCUT2D eigenvalue weighted by Crippen LogP contribution is 2.17. The van der Waals surface area contributed by atoms with Gasteiger partial charge in [-0.1, -0.05) is 47.0 Å². The maximum Gasteiger partial charge on any atom is 0.312 e. The van der Waals surface area contributed by atoms with Crippen LogP contribution in [-0.4, -0.2) is 42.3 Å². The molecule has 0 aliphatic carbocycles. The Morgan fingerprint density at radius 3 is 2.00 bits per heavy atom. The molecule has 32 heavy (non-hydrogen) atoms. The zero-order chi connectivity index (χ0) is 24.7. The van der Waals surface area contributed by atoms with Crippen molar-refractivity contribution in [3.63, 3.8) is 0 Å². The molecule has 5 N–H and O–H groups in total. The molecular formula is C24H46N4O4. The van der Waals surface area contributed by atoms with E-state index in [0.29, 0.717) is 31.7 Å². The summed E-state index contributed by atoms with van der Waals surface area (Å²) in [5, 5.41) is 8.25. The topological polar surface area (TPSA) is 130 Å². The third kappa shape index (κ3) is 14.8. The molecule has 0 saturated carbocycles. The van der Waals surface area contributed by atoms with E-state index < -0.39 is 18.0 Å². The number of nitrogens with two attached hydrogens (primary N) is 1. The van der Waals surface area contributed by atoms with E-state index in [9.17, 15) is 19.2 Å². The Labute approximate surface area is 194 Å². The number of primary amides is 1. The van der Waals surface area contributed by atoms with Gasteiger partial charge < -0.3 is 21.7 Å². The molecule has 2 atom stereocenters. The second kappa shape index (κ2) is 16.5. The predicted octanol–water partition coefficient (Wildman–Crippen LogP) is 3.28. The number of hydrogen-bond acceptors (Lipinski definition) is 4. The molecule has 0 spiro atoms. The van der Waals surface area contributed by atoms with Crippen molar-refractivity contribution < 1.29 is 19.2 Å². The van der Waals surface area contributed by atoms with Crippen molar-refractivity contribution in [1.82, 2.24) is 16.0 Å². The van der Waals surface area contributed by atoms with Gasteiger partial charge in [0.2, 0.25) is 11.8 Å². The number of unbranched alkanes of at least 4 members (excludes halogenated alkanes) is 2. The fourth-order valence-electron chi connectivity index (χ4n) is 3.54. The lowest BCUT2D eigenvalue weighted by Crippen LogP contribution is -2.46. The van der Waals surface area contributed by atoms with Gasteiger partial charge in [0.05, 0.1) is 6.04 Å². The van der Waals surface area contributed by atoms with Crippen LogP contribution in [0.4, 0.5) is 4.79 Å². The van der Waals surface area contributed by atoms with Crippen LogP contribution in [-0.2, 0) is 14.4 Å². The largest absolute Gasteiger partial charge is 0.354 e. The van der Waals surface area contributed by atoms with E-state index in [1.165, 1.54) is 0 Å². The van der Waals surface area contributed by atoms with E-state index in [4.69, 9.17) is 5.73 Å². The Hall–Kier alpha value is -2.12. The van der Waals surface area contributed by atoms with Gasteiger partial charge in [-0.2, -0.15) is 0 Å². The first-order valence-electron chi connectivity index (χ1n) is 12.1. The molecular weight excluding hydrogens is 408 g/mol. The molecule has 0 unspecified atom stereocenters. The van der Waals surface area contributed by atoms with Gasteiger partial charge in [-0.15, -0.1) is 0 Å². The summed E-state index contributed by atoms with van der Waals surface area (Å²) in [5.74, 6) is -0.368. The second-order valence-corrected chi connectivity index (χ2v) is 9.75. The van der Waals surface area contributed by atoms with Crippen LogP contribution in [0.2, 0.25) is 0 Å². The van der Waals surface area contributed by atoms with Crippen molar-refractivity contribution in [1.29, 1.82) is 0 Å². The minimum atomic E-state index is -0.615. The molecule has 0 bridgehead atoms. The standard InChI is InChI=1S/C24H46N4O4/c1-16(2)11-8-7-9-13-21(30)28-22(17(3)4)20(29)15-19(23(31)27-18(5)6)12-10-14-26-24(25)32/h16-19,22H,7-15H2,1-6H3,(H,27,31)(H,28,30)(H3,25,26,32)/t19-,22+/m1/s1. The van der Waals surface area contributed by atoms with Gasteiger partial charge in [0, 0.05) is 31.3 Å². The summed E-state index contributed by atoms with van der Waals surface area (Å²) in [5.41, 5.74) is 5.08. The van der Waals surface area contributed by atoms with Crippen LogP contribution in [0.3, 0.4) is 0 Å². The minimum absolute atomic E-state index is 0.0415. The highest BCUT2D eigenvalue weighted by Gasteiger charge is 2.29. The smallest absolute Gasteiger partial charge is 0.312 e. The monoisotopic (exact) mass is 454 g/mol. The molecule has 8 heteroatoms. The molecule has 0 radical (unpaired) electrons. The molecule has 0 aromatic rings. The third-order valence-corrected chi connectivity index (χ3v) is 5.29. The molecule has 0 heterocycles. The Morgan fingerprint density at radius 2 is 1.47 bits per heavy atom. The fourth-order valence-corrected chi connectivity index (χ4v) is 3.54. The molecule has 4 amide bonds. The van der Waals surface area contributed by atoms with E-state index in [-0.39, 0.29) is 36.0 Å². The lowest BCUT2D eigenvalue weighted by atomic mass is 9.89. The SMILES string of the molecule is CC(C)CCCCCC(=O)N[C@H](C(=O)C[C@@H](CCCNC(N)=O)C(=O)NC(C)C)C(C)C. The summed E-state index contributed by atoms with van der Waals surface area (Å²) < 4.78 is 0. The van der Waals surface area contributed by atoms with E-state index in [1.54, 1.807) is 0 Å². The van der Waals surface area contributed by atoms with Crippen LogP contribution < -0.4 is 21.7 Å². The normalized spacial score (nSPS) is 13.2. The van der Waals surface area contributed by atoms with Gasteiger partial charge in [0.15, 0.2) is 5.78 Å². The highest BCUT2D eigenvalue weighted by molar-refractivity contribution is 5.92. The zero-order valence-corrected chi connectivity index (χ0v) is 21.0. The number of urea groups is 1. The molecule has 8 nitrogen and oxygen atoms in total. The van der Waals surface area contributed by atoms with E-state index in [1.807, 2.05) is 27.7 Å². The van der Waals surface area contributed by atoms with Crippen molar-refractivity contribution >= 4 is 23.6 Å². The van der Waals surface area contributed by atoms with Gasteiger partial charge in [-0.05, 0) is 44.9 Å². The molecule has 0 rings (SSSR count). The predicted molar refractivity (Wildman–Crippen MR) is 128 cm³/mol. The number of hydrogen-bond donors (Lipinski definition) is 4. The molecule has 0 saturated heterocycles. The van der Waals surface area contributed by atoms with Crippen molar-refractivity contribution in [2.45, 2.75) is 105 Å². The van der Waals surface area contributed by atoms with Crippen molar-refractivity contribution in [3.05, 3.63) is 0 Å². The highest BCUT2D eigenvalue weighted by atomic mass is 16.2. The van der Waals surface area contributed by atoms with E-state index >= 15 is 0 Å². The number of rotatable bonds is 17. The van der Waals surface area contributed by atoms with Gasteiger partial charge >= 0.3 is 6.03 Å². The van der Waals surface area contributed by atoms with Crippen LogP contribution in [0.15, 0.2) is 0 Å². The van der Waals surface area contributed by atoms with Gasteiger partial charge in [-0.3, -0.25) is 14.4 Å². The summed E-state index contributed by atoms with van der Waals surface area (Å²) in [7, 11) is 0. The number of carbonyl (C=O) groups is 4. The number of ketones is 1. The lowest BCUT2D eigenvalue weighted by molar-refractivity contribution is -0.133. The molecule has 0 aliphatic heterocycles. The maximum absolute atomic E-state index is 13.0. The summed E-state index contributed by atoms with van der Waals surface area (Å²) in [6, 6.07) is -1.27. The Balaban J connectivity index is 4.86.